The first-order valence-electron chi connectivity index (χ1n) is 10.6. The number of hydrazine groups is 1. The van der Waals surface area contributed by atoms with Gasteiger partial charge in [-0.05, 0) is 18.1 Å². The lowest BCUT2D eigenvalue weighted by Gasteiger charge is -2.27. The van der Waals surface area contributed by atoms with Crippen molar-refractivity contribution in [2.24, 2.45) is 17.3 Å². The zero-order valence-corrected chi connectivity index (χ0v) is 18.5. The molecule has 2 aromatic carbocycles. The highest BCUT2D eigenvalue weighted by atomic mass is 19.3. The van der Waals surface area contributed by atoms with Gasteiger partial charge >= 0.3 is 5.92 Å². The van der Waals surface area contributed by atoms with Crippen LogP contribution in [-0.2, 0) is 12.5 Å². The van der Waals surface area contributed by atoms with Crippen LogP contribution in [0.5, 0.6) is 0 Å². The molecule has 0 aliphatic carbocycles. The number of aromatic nitrogens is 2. The van der Waals surface area contributed by atoms with Crippen LogP contribution in [0.2, 0.25) is 0 Å². The Bertz CT molecular complexity index is 1220. The first kappa shape index (κ1) is 23.4. The van der Waals surface area contributed by atoms with Crippen molar-refractivity contribution in [3.63, 3.8) is 0 Å². The van der Waals surface area contributed by atoms with Gasteiger partial charge in [0, 0.05) is 17.7 Å². The number of hydrogen-bond acceptors (Lipinski definition) is 8. The predicted molar refractivity (Wildman–Crippen MR) is 129 cm³/mol. The maximum Gasteiger partial charge on any atom is 0.331 e. The quantitative estimate of drug-likeness (QED) is 0.188. The molecule has 1 aliphatic heterocycles. The molecule has 4 rings (SSSR count). The molecule has 176 valence electrons. The van der Waals surface area contributed by atoms with E-state index in [-0.39, 0.29) is 36.0 Å². The summed E-state index contributed by atoms with van der Waals surface area (Å²) in [6.07, 6.45) is 6.03. The Morgan fingerprint density at radius 3 is 2.41 bits per heavy atom. The van der Waals surface area contributed by atoms with Crippen LogP contribution >= 0.6 is 0 Å². The molecule has 8 nitrogen and oxygen atoms in total. The van der Waals surface area contributed by atoms with Crippen molar-refractivity contribution in [2.45, 2.75) is 24.6 Å². The maximum atomic E-state index is 15.5. The second-order valence-corrected chi connectivity index (χ2v) is 8.38. The zero-order chi connectivity index (χ0) is 24.5. The number of nitrogens with two attached hydrogens (primary N) is 4. The number of alkyl halides is 2. The van der Waals surface area contributed by atoms with Crippen LogP contribution in [-0.4, -0.2) is 28.7 Å². The fraction of sp³-hybridized carbons (Fsp3) is 0.250. The van der Waals surface area contributed by atoms with Crippen molar-refractivity contribution in [3.05, 3.63) is 77.1 Å². The molecule has 10 heteroatoms. The summed E-state index contributed by atoms with van der Waals surface area (Å²) in [5, 5.41) is 1.19. The molecule has 2 heterocycles. The second-order valence-electron chi connectivity index (χ2n) is 8.38. The van der Waals surface area contributed by atoms with Gasteiger partial charge in [0.1, 0.15) is 5.69 Å². The van der Waals surface area contributed by atoms with E-state index >= 15 is 8.78 Å². The van der Waals surface area contributed by atoms with E-state index in [0.717, 1.165) is 0 Å². The lowest BCUT2D eigenvalue weighted by molar-refractivity contribution is 0.0330. The van der Waals surface area contributed by atoms with E-state index in [4.69, 9.17) is 29.5 Å². The van der Waals surface area contributed by atoms with Gasteiger partial charge in [-0.15, -0.1) is 6.42 Å². The van der Waals surface area contributed by atoms with Crippen molar-refractivity contribution in [1.29, 1.82) is 0 Å². The minimum atomic E-state index is -3.50. The van der Waals surface area contributed by atoms with E-state index in [1.807, 2.05) is 0 Å². The van der Waals surface area contributed by atoms with Gasteiger partial charge in [0.05, 0.1) is 18.8 Å². The normalized spacial score (nSPS) is 15.2. The second kappa shape index (κ2) is 8.87. The Labute approximate surface area is 196 Å². The Morgan fingerprint density at radius 2 is 1.76 bits per heavy atom. The third-order valence-corrected chi connectivity index (χ3v) is 5.74. The van der Waals surface area contributed by atoms with Gasteiger partial charge in [-0.3, -0.25) is 5.01 Å². The highest BCUT2D eigenvalue weighted by molar-refractivity contribution is 5.76. The Morgan fingerprint density at radius 1 is 1.09 bits per heavy atom. The van der Waals surface area contributed by atoms with E-state index in [0.29, 0.717) is 24.1 Å². The highest BCUT2D eigenvalue weighted by Gasteiger charge is 2.41. The van der Waals surface area contributed by atoms with Crippen LogP contribution in [0, 0.1) is 12.3 Å². The molecule has 1 aromatic heterocycles. The SMILES string of the molecule is C#Cc1ccccc1CN(N)c1nc(C(F)(F)c2ccccc2)nc(N2CCC(N)(N)C2)c1N. The fourth-order valence-electron chi connectivity index (χ4n) is 3.92. The Kier molecular flexibility index (Phi) is 6.10. The van der Waals surface area contributed by atoms with Gasteiger partial charge in [0.25, 0.3) is 0 Å². The van der Waals surface area contributed by atoms with Gasteiger partial charge < -0.3 is 22.1 Å². The first-order chi connectivity index (χ1) is 16.1. The molecule has 0 amide bonds. The van der Waals surface area contributed by atoms with Crippen molar-refractivity contribution in [1.82, 2.24) is 9.97 Å². The number of hydrogen-bond donors (Lipinski definition) is 4. The molecule has 0 radical (unpaired) electrons. The number of terminal acetylenes is 1. The van der Waals surface area contributed by atoms with Crippen LogP contribution in [0.1, 0.15) is 28.9 Å². The molecule has 8 N–H and O–H groups in total. The fourth-order valence-corrected chi connectivity index (χ4v) is 3.92. The minimum Gasteiger partial charge on any atom is -0.393 e. The van der Waals surface area contributed by atoms with Crippen molar-refractivity contribution >= 4 is 17.3 Å². The summed E-state index contributed by atoms with van der Waals surface area (Å²) >= 11 is 0. The molecule has 1 aliphatic rings. The summed E-state index contributed by atoms with van der Waals surface area (Å²) in [5.74, 6) is 4.72. The van der Waals surface area contributed by atoms with E-state index < -0.39 is 17.4 Å². The molecule has 0 spiro atoms. The third-order valence-electron chi connectivity index (χ3n) is 5.74. The molecule has 0 atom stereocenters. The predicted octanol–water partition coefficient (Wildman–Crippen LogP) is 1.88. The third kappa shape index (κ3) is 4.49. The average Bonchev–Trinajstić information content (AvgIpc) is 3.19. The summed E-state index contributed by atoms with van der Waals surface area (Å²) in [6, 6.07) is 14.5. The standard InChI is InChI=1S/C24H26F2N8/c1-2-16-8-6-7-9-17(16)14-34(30)21-19(27)20(33-13-12-23(28,29)15-33)31-22(32-21)24(25,26)18-10-4-3-5-11-18/h1,3-11H,12-15,27-30H2. The molecular weight excluding hydrogens is 438 g/mol. The molecule has 0 saturated carbocycles. The number of anilines is 3. The van der Waals surface area contributed by atoms with Gasteiger partial charge in [0.2, 0.25) is 5.82 Å². The van der Waals surface area contributed by atoms with Gasteiger partial charge in [0.15, 0.2) is 11.6 Å². The summed E-state index contributed by atoms with van der Waals surface area (Å²) < 4.78 is 31.0. The number of nitrogens with zero attached hydrogens (tertiary/aromatic N) is 4. The lowest BCUT2D eigenvalue weighted by Crippen LogP contribution is -2.51. The first-order valence-corrected chi connectivity index (χ1v) is 10.6. The van der Waals surface area contributed by atoms with Crippen LogP contribution in [0.25, 0.3) is 0 Å². The smallest absolute Gasteiger partial charge is 0.331 e. The van der Waals surface area contributed by atoms with Crippen LogP contribution < -0.4 is 33.0 Å². The monoisotopic (exact) mass is 464 g/mol. The average molecular weight is 465 g/mol. The zero-order valence-electron chi connectivity index (χ0n) is 18.5. The van der Waals surface area contributed by atoms with Gasteiger partial charge in [-0.1, -0.05) is 54.5 Å². The van der Waals surface area contributed by atoms with E-state index in [2.05, 4.69) is 15.9 Å². The maximum absolute atomic E-state index is 15.5. The number of benzene rings is 2. The summed E-state index contributed by atoms with van der Waals surface area (Å²) in [4.78, 5) is 9.96. The van der Waals surface area contributed by atoms with Crippen LogP contribution in [0.15, 0.2) is 54.6 Å². The van der Waals surface area contributed by atoms with Gasteiger partial charge in [-0.2, -0.15) is 8.78 Å². The van der Waals surface area contributed by atoms with Crippen molar-refractivity contribution in [3.8, 4) is 12.3 Å². The molecule has 3 aromatic rings. The van der Waals surface area contributed by atoms with E-state index in [9.17, 15) is 0 Å². The van der Waals surface area contributed by atoms with Crippen molar-refractivity contribution < 1.29 is 8.78 Å². The van der Waals surface area contributed by atoms with Crippen LogP contribution in [0.3, 0.4) is 0 Å². The lowest BCUT2D eigenvalue weighted by atomic mass is 10.1. The number of rotatable bonds is 6. The number of nitrogen functional groups attached to an aromatic ring is 1. The summed E-state index contributed by atoms with van der Waals surface area (Å²) in [6.45, 7) is 0.679. The van der Waals surface area contributed by atoms with Gasteiger partial charge in [-0.25, -0.2) is 15.8 Å². The van der Waals surface area contributed by atoms with Crippen molar-refractivity contribution in [2.75, 3.05) is 28.7 Å². The minimum absolute atomic E-state index is 0.0472. The summed E-state index contributed by atoms with van der Waals surface area (Å²) in [7, 11) is 0. The molecule has 0 unspecified atom stereocenters. The number of halogens is 2. The largest absolute Gasteiger partial charge is 0.393 e. The van der Waals surface area contributed by atoms with Crippen LogP contribution in [0.4, 0.5) is 26.1 Å². The van der Waals surface area contributed by atoms with E-state index in [1.165, 1.54) is 29.3 Å². The molecule has 1 fully saturated rings. The molecule has 0 bridgehead atoms. The topological polar surface area (TPSA) is 136 Å². The molecular formula is C24H26F2N8. The molecule has 1 saturated heterocycles. The Hall–Kier alpha value is -3.78. The highest BCUT2D eigenvalue weighted by Crippen LogP contribution is 2.39. The van der Waals surface area contributed by atoms with E-state index in [1.54, 1.807) is 35.2 Å². The molecule has 34 heavy (non-hydrogen) atoms. The Balaban J connectivity index is 1.81. The summed E-state index contributed by atoms with van der Waals surface area (Å²) in [5.41, 5.74) is 18.6.